The lowest BCUT2D eigenvalue weighted by atomic mass is 9.94. The van der Waals surface area contributed by atoms with Crippen molar-refractivity contribution < 1.29 is 4.74 Å². The van der Waals surface area contributed by atoms with Gasteiger partial charge in [0.05, 0.1) is 12.2 Å². The topological polar surface area (TPSA) is 48.1 Å². The number of allylic oxidation sites excluding steroid dienone is 3. The van der Waals surface area contributed by atoms with E-state index in [4.69, 9.17) is 10.5 Å². The predicted molar refractivity (Wildman–Crippen MR) is 275 cm³/mol. The van der Waals surface area contributed by atoms with Gasteiger partial charge >= 0.3 is 0 Å². The van der Waals surface area contributed by atoms with Crippen molar-refractivity contribution >= 4 is 70.2 Å². The number of benzene rings is 10. The summed E-state index contributed by atoms with van der Waals surface area (Å²) in [6.45, 7) is 2.01. The standard InChI is InChI=1S/C62H46N2O/c1-2-4-55(37-63)47-12-10-39-29-41(6-8-43(39)31-47)45-18-22-57-49(33-45)14-16-51-35-53(20-24-59(51)57)61-26-27-62(65-61)54-21-25-60-52(36-54)17-15-50-34-46(19-23-58(50)60)42-7-9-44-32-48(13-11-40(44)30-42)56-5-3-28-64-38-56/h2-25,28-38,61-62H,26-27,63H2,1H3/b4-2-,55-37+. The van der Waals surface area contributed by atoms with Crippen LogP contribution in [0.25, 0.3) is 104 Å². The molecule has 0 amide bonds. The molecule has 1 aromatic heterocycles. The van der Waals surface area contributed by atoms with Crippen molar-refractivity contribution in [2.75, 3.05) is 0 Å². The Kier molecular flexibility index (Phi) is 9.58. The Balaban J connectivity index is 0.755. The van der Waals surface area contributed by atoms with Crippen molar-refractivity contribution in [2.24, 2.45) is 5.73 Å². The number of rotatable bonds is 7. The van der Waals surface area contributed by atoms with Gasteiger partial charge in [0.1, 0.15) is 0 Å². The van der Waals surface area contributed by atoms with E-state index in [9.17, 15) is 0 Å². The van der Waals surface area contributed by atoms with Gasteiger partial charge in [0.15, 0.2) is 0 Å². The number of hydrogen-bond donors (Lipinski definition) is 1. The lowest BCUT2D eigenvalue weighted by molar-refractivity contribution is 0.0442. The minimum absolute atomic E-state index is 0.0662. The fraction of sp³-hybridized carbons (Fsp3) is 0.0806. The average molecular weight is 835 g/mol. The molecule has 3 nitrogen and oxygen atoms in total. The molecule has 11 aromatic rings. The van der Waals surface area contributed by atoms with Crippen molar-refractivity contribution in [3.05, 3.63) is 229 Å². The highest BCUT2D eigenvalue weighted by Gasteiger charge is 2.28. The number of fused-ring (bicyclic) bond motifs is 8. The molecule has 0 aliphatic carbocycles. The SMILES string of the molecule is C/C=C\C(=C/N)c1ccc2cc(-c3ccc4c(ccc5cc(C6CCC(c7ccc8c(ccc9cc(-c%10ccc%11cc(-c%12cccnc%12)ccc%11c%10)ccc98)c7)O6)ccc54)c3)ccc2c1. The molecule has 2 N–H and O–H groups in total. The average Bonchev–Trinajstić information content (AvgIpc) is 3.87. The summed E-state index contributed by atoms with van der Waals surface area (Å²) in [7, 11) is 0. The van der Waals surface area contributed by atoms with Crippen LogP contribution in [0, 0.1) is 0 Å². The molecule has 2 atom stereocenters. The molecule has 0 spiro atoms. The highest BCUT2D eigenvalue weighted by atomic mass is 16.5. The summed E-state index contributed by atoms with van der Waals surface area (Å²) >= 11 is 0. The van der Waals surface area contributed by atoms with Crippen LogP contribution in [0.4, 0.5) is 0 Å². The molecule has 2 unspecified atom stereocenters. The van der Waals surface area contributed by atoms with Gasteiger partial charge < -0.3 is 10.5 Å². The molecule has 2 heterocycles. The van der Waals surface area contributed by atoms with E-state index >= 15 is 0 Å². The zero-order valence-corrected chi connectivity index (χ0v) is 36.2. The molecule has 310 valence electrons. The first-order chi connectivity index (χ1) is 32.0. The van der Waals surface area contributed by atoms with Crippen LogP contribution < -0.4 is 5.73 Å². The third kappa shape index (κ3) is 7.11. The number of nitrogens with two attached hydrogens (primary N) is 1. The highest BCUT2D eigenvalue weighted by Crippen LogP contribution is 2.43. The summed E-state index contributed by atoms with van der Waals surface area (Å²) in [6.07, 6.45) is 11.6. The van der Waals surface area contributed by atoms with Crippen LogP contribution in [0.3, 0.4) is 0 Å². The minimum atomic E-state index is 0.0662. The Morgan fingerprint density at radius 1 is 0.462 bits per heavy atom. The molecule has 0 bridgehead atoms. The van der Waals surface area contributed by atoms with Gasteiger partial charge in [0.2, 0.25) is 0 Å². The van der Waals surface area contributed by atoms with Crippen molar-refractivity contribution in [2.45, 2.75) is 32.0 Å². The second kappa shape index (κ2) is 16.1. The Labute approximate surface area is 378 Å². The van der Waals surface area contributed by atoms with Crippen molar-refractivity contribution in [1.29, 1.82) is 0 Å². The second-order valence-electron chi connectivity index (χ2n) is 17.6. The number of hydrogen-bond acceptors (Lipinski definition) is 3. The number of pyridine rings is 1. The Hall–Kier alpha value is -7.85. The lowest BCUT2D eigenvalue weighted by Crippen LogP contribution is -2.00. The zero-order chi connectivity index (χ0) is 43.4. The molecule has 1 saturated heterocycles. The molecule has 65 heavy (non-hydrogen) atoms. The van der Waals surface area contributed by atoms with E-state index in [0.29, 0.717) is 0 Å². The maximum atomic E-state index is 6.85. The molecular formula is C62H46N2O. The monoisotopic (exact) mass is 834 g/mol. The zero-order valence-electron chi connectivity index (χ0n) is 36.2. The van der Waals surface area contributed by atoms with Gasteiger partial charge in [-0.3, -0.25) is 4.98 Å². The fourth-order valence-electron chi connectivity index (χ4n) is 10.2. The van der Waals surface area contributed by atoms with E-state index in [1.807, 2.05) is 37.5 Å². The fourth-order valence-corrected chi connectivity index (χ4v) is 10.2. The summed E-state index contributed by atoms with van der Waals surface area (Å²) in [5.41, 5.74) is 17.7. The van der Waals surface area contributed by atoms with Gasteiger partial charge in [-0.05, 0) is 189 Å². The van der Waals surface area contributed by atoms with Crippen molar-refractivity contribution in [3.63, 3.8) is 0 Å². The van der Waals surface area contributed by atoms with Crippen LogP contribution in [-0.4, -0.2) is 4.98 Å². The molecule has 1 aliphatic rings. The second-order valence-corrected chi connectivity index (χ2v) is 17.6. The summed E-state index contributed by atoms with van der Waals surface area (Å²) in [5, 5.41) is 14.9. The third-order valence-electron chi connectivity index (χ3n) is 13.7. The van der Waals surface area contributed by atoms with Crippen molar-refractivity contribution in [1.82, 2.24) is 4.98 Å². The number of aromatic nitrogens is 1. The van der Waals surface area contributed by atoms with Crippen LogP contribution in [0.5, 0.6) is 0 Å². The van der Waals surface area contributed by atoms with Crippen molar-refractivity contribution in [3.8, 4) is 33.4 Å². The van der Waals surface area contributed by atoms with E-state index < -0.39 is 0 Å². The molecule has 0 radical (unpaired) electrons. The molecular weight excluding hydrogens is 789 g/mol. The maximum Gasteiger partial charge on any atom is 0.0834 e. The van der Waals surface area contributed by atoms with E-state index in [-0.39, 0.29) is 12.2 Å². The smallest absolute Gasteiger partial charge is 0.0834 e. The van der Waals surface area contributed by atoms with Gasteiger partial charge in [-0.1, -0.05) is 140 Å². The highest BCUT2D eigenvalue weighted by molar-refractivity contribution is 6.10. The van der Waals surface area contributed by atoms with E-state index in [1.165, 1.54) is 104 Å². The summed E-state index contributed by atoms with van der Waals surface area (Å²) in [6, 6.07) is 67.4. The molecule has 1 fully saturated rings. The first kappa shape index (κ1) is 38.8. The molecule has 0 saturated carbocycles. The van der Waals surface area contributed by atoms with Gasteiger partial charge in [-0.15, -0.1) is 0 Å². The van der Waals surface area contributed by atoms with E-state index in [0.717, 1.165) is 29.5 Å². The summed E-state index contributed by atoms with van der Waals surface area (Å²) in [4.78, 5) is 4.30. The maximum absolute atomic E-state index is 6.85. The van der Waals surface area contributed by atoms with Crippen LogP contribution in [0.1, 0.15) is 48.7 Å². The Morgan fingerprint density at radius 3 is 1.35 bits per heavy atom. The Bertz CT molecular complexity index is 3730. The van der Waals surface area contributed by atoms with Crippen LogP contribution in [0.15, 0.2) is 213 Å². The quantitative estimate of drug-likeness (QED) is 0.129. The molecule has 12 rings (SSSR count). The first-order valence-electron chi connectivity index (χ1n) is 22.7. The van der Waals surface area contributed by atoms with E-state index in [1.54, 1.807) is 6.20 Å². The van der Waals surface area contributed by atoms with Gasteiger partial charge in [0.25, 0.3) is 0 Å². The van der Waals surface area contributed by atoms with Crippen LogP contribution >= 0.6 is 0 Å². The van der Waals surface area contributed by atoms with Crippen LogP contribution in [-0.2, 0) is 4.74 Å². The minimum Gasteiger partial charge on any atom is -0.404 e. The predicted octanol–water partition coefficient (Wildman–Crippen LogP) is 16.5. The lowest BCUT2D eigenvalue weighted by Gasteiger charge is -2.16. The number of nitrogens with zero attached hydrogens (tertiary/aromatic N) is 1. The molecule has 3 heteroatoms. The summed E-state index contributed by atoms with van der Waals surface area (Å²) < 4.78 is 6.85. The normalized spacial score (nSPS) is 15.7. The van der Waals surface area contributed by atoms with Gasteiger partial charge in [0, 0.05) is 24.2 Å². The Morgan fingerprint density at radius 2 is 0.877 bits per heavy atom. The van der Waals surface area contributed by atoms with Crippen LogP contribution in [0.2, 0.25) is 0 Å². The third-order valence-corrected chi connectivity index (χ3v) is 13.7. The van der Waals surface area contributed by atoms with Gasteiger partial charge in [-0.2, -0.15) is 0 Å². The largest absolute Gasteiger partial charge is 0.404 e. The summed E-state index contributed by atoms with van der Waals surface area (Å²) in [5.74, 6) is 0. The molecule has 1 aliphatic heterocycles. The van der Waals surface area contributed by atoms with E-state index in [2.05, 4.69) is 181 Å². The molecule has 10 aromatic carbocycles. The van der Waals surface area contributed by atoms with Gasteiger partial charge in [-0.25, -0.2) is 0 Å². The first-order valence-corrected chi connectivity index (χ1v) is 22.7. The number of ether oxygens (including phenoxy) is 1.